The number of rotatable bonds is 3. The summed E-state index contributed by atoms with van der Waals surface area (Å²) in [6, 6.07) is 5.75. The Morgan fingerprint density at radius 1 is 1.30 bits per heavy atom. The van der Waals surface area contributed by atoms with Gasteiger partial charge in [-0.1, -0.05) is 18.2 Å². The van der Waals surface area contributed by atoms with E-state index in [1.54, 1.807) is 12.1 Å². The van der Waals surface area contributed by atoms with E-state index in [0.29, 0.717) is 5.56 Å². The number of nitrogens with two attached hydrogens (primary N) is 1. The van der Waals surface area contributed by atoms with Gasteiger partial charge in [-0.15, -0.1) is 0 Å². The molecular formula is C14H16F4N2. The molecule has 0 fully saturated rings. The van der Waals surface area contributed by atoms with E-state index in [4.69, 9.17) is 5.73 Å². The van der Waals surface area contributed by atoms with Crippen LogP contribution in [0.4, 0.5) is 17.6 Å². The minimum absolute atomic E-state index is 0.0602. The number of hydrogen-bond donors (Lipinski definition) is 1. The largest absolute Gasteiger partial charge is 0.412 e. The summed E-state index contributed by atoms with van der Waals surface area (Å²) in [6.45, 7) is 0.676. The lowest BCUT2D eigenvalue weighted by atomic mass is 10.0. The molecular weight excluding hydrogens is 272 g/mol. The van der Waals surface area contributed by atoms with Crippen LogP contribution in [0, 0.1) is 5.82 Å². The van der Waals surface area contributed by atoms with Gasteiger partial charge in [0.1, 0.15) is 5.82 Å². The van der Waals surface area contributed by atoms with Crippen LogP contribution in [0.3, 0.4) is 0 Å². The van der Waals surface area contributed by atoms with Gasteiger partial charge in [0, 0.05) is 31.2 Å². The highest BCUT2D eigenvalue weighted by atomic mass is 19.4. The fourth-order valence-corrected chi connectivity index (χ4v) is 2.44. The molecule has 1 aromatic rings. The lowest BCUT2D eigenvalue weighted by molar-refractivity contribution is -0.0964. The van der Waals surface area contributed by atoms with Gasteiger partial charge in [0.2, 0.25) is 0 Å². The molecule has 0 radical (unpaired) electrons. The fraction of sp³-hybridized carbons (Fsp3) is 0.429. The summed E-state index contributed by atoms with van der Waals surface area (Å²) in [5.41, 5.74) is 5.89. The molecule has 0 saturated heterocycles. The Labute approximate surface area is 114 Å². The number of hydrogen-bond acceptors (Lipinski definition) is 2. The molecule has 1 atom stereocenters. The molecule has 20 heavy (non-hydrogen) atoms. The summed E-state index contributed by atoms with van der Waals surface area (Å²) in [4.78, 5) is 1.84. The molecule has 2 N–H and O–H groups in total. The van der Waals surface area contributed by atoms with Gasteiger partial charge in [0.25, 0.3) is 0 Å². The van der Waals surface area contributed by atoms with Crippen molar-refractivity contribution < 1.29 is 17.6 Å². The monoisotopic (exact) mass is 288 g/mol. The maximum atomic E-state index is 13.2. The Balaban J connectivity index is 2.13. The third-order valence-electron chi connectivity index (χ3n) is 3.50. The van der Waals surface area contributed by atoms with Crippen molar-refractivity contribution in [3.8, 4) is 0 Å². The van der Waals surface area contributed by atoms with Crippen molar-refractivity contribution in [2.75, 3.05) is 19.6 Å². The molecule has 6 heteroatoms. The van der Waals surface area contributed by atoms with Gasteiger partial charge in [0.05, 0.1) is 0 Å². The minimum atomic E-state index is -4.26. The van der Waals surface area contributed by atoms with Crippen molar-refractivity contribution in [3.63, 3.8) is 0 Å². The molecule has 0 amide bonds. The van der Waals surface area contributed by atoms with E-state index >= 15 is 0 Å². The number of halogens is 4. The van der Waals surface area contributed by atoms with Crippen LogP contribution in [0.5, 0.6) is 0 Å². The summed E-state index contributed by atoms with van der Waals surface area (Å²) >= 11 is 0. The number of alkyl halides is 3. The van der Waals surface area contributed by atoms with E-state index in [1.807, 2.05) is 4.90 Å². The molecule has 1 aliphatic heterocycles. The van der Waals surface area contributed by atoms with Crippen LogP contribution in [0.1, 0.15) is 18.0 Å². The van der Waals surface area contributed by atoms with Gasteiger partial charge < -0.3 is 5.73 Å². The summed E-state index contributed by atoms with van der Waals surface area (Å²) in [5, 5.41) is 0. The van der Waals surface area contributed by atoms with Gasteiger partial charge >= 0.3 is 6.18 Å². The molecule has 2 nitrogen and oxygen atoms in total. The third kappa shape index (κ3) is 3.37. The first-order chi connectivity index (χ1) is 9.41. The molecule has 0 aliphatic carbocycles. The lowest BCUT2D eigenvalue weighted by Crippen LogP contribution is -2.38. The lowest BCUT2D eigenvalue weighted by Gasteiger charge is -2.34. The van der Waals surface area contributed by atoms with E-state index in [-0.39, 0.29) is 37.9 Å². The van der Waals surface area contributed by atoms with Crippen molar-refractivity contribution in [2.45, 2.75) is 18.6 Å². The molecule has 0 bridgehead atoms. The molecule has 110 valence electrons. The highest BCUT2D eigenvalue weighted by Gasteiger charge is 2.35. The van der Waals surface area contributed by atoms with Gasteiger partial charge in [0.15, 0.2) is 0 Å². The zero-order valence-corrected chi connectivity index (χ0v) is 10.8. The van der Waals surface area contributed by atoms with Crippen molar-refractivity contribution in [3.05, 3.63) is 47.3 Å². The molecule has 1 unspecified atom stereocenters. The molecule has 1 aliphatic rings. The van der Waals surface area contributed by atoms with Crippen molar-refractivity contribution in [1.82, 2.24) is 4.90 Å². The van der Waals surface area contributed by atoms with Gasteiger partial charge in [-0.2, -0.15) is 13.2 Å². The van der Waals surface area contributed by atoms with E-state index in [9.17, 15) is 17.6 Å². The molecule has 1 aromatic carbocycles. The normalized spacial score (nSPS) is 18.8. The average Bonchev–Trinajstić information content (AvgIpc) is 2.39. The van der Waals surface area contributed by atoms with Crippen LogP contribution in [0.2, 0.25) is 0 Å². The quantitative estimate of drug-likeness (QED) is 0.684. The van der Waals surface area contributed by atoms with Crippen LogP contribution in [-0.2, 0) is 0 Å². The Hall–Kier alpha value is -1.40. The van der Waals surface area contributed by atoms with Crippen LogP contribution in [0.15, 0.2) is 35.9 Å². The molecule has 2 rings (SSSR count). The highest BCUT2D eigenvalue weighted by Crippen LogP contribution is 2.32. The van der Waals surface area contributed by atoms with Gasteiger partial charge in [-0.25, -0.2) is 4.39 Å². The summed E-state index contributed by atoms with van der Waals surface area (Å²) in [5.74, 6) is -0.371. The van der Waals surface area contributed by atoms with Crippen molar-refractivity contribution in [1.29, 1.82) is 0 Å². The topological polar surface area (TPSA) is 29.3 Å². The zero-order valence-electron chi connectivity index (χ0n) is 10.8. The van der Waals surface area contributed by atoms with E-state index in [1.165, 1.54) is 18.2 Å². The maximum Gasteiger partial charge on any atom is 0.412 e. The van der Waals surface area contributed by atoms with E-state index in [2.05, 4.69) is 0 Å². The van der Waals surface area contributed by atoms with Crippen LogP contribution >= 0.6 is 0 Å². The first kappa shape index (κ1) is 15.0. The maximum absolute atomic E-state index is 13.2. The Bertz CT molecular complexity index is 496. The summed E-state index contributed by atoms with van der Waals surface area (Å²) < 4.78 is 50.9. The smallest absolute Gasteiger partial charge is 0.329 e. The second kappa shape index (κ2) is 5.93. The van der Waals surface area contributed by atoms with E-state index < -0.39 is 11.7 Å². The second-order valence-electron chi connectivity index (χ2n) is 4.78. The van der Waals surface area contributed by atoms with Gasteiger partial charge in [-0.3, -0.25) is 4.90 Å². The summed E-state index contributed by atoms with van der Waals surface area (Å²) in [6.07, 6.45) is -3.13. The highest BCUT2D eigenvalue weighted by molar-refractivity contribution is 5.22. The molecule has 0 aromatic heterocycles. The Morgan fingerprint density at radius 2 is 2.05 bits per heavy atom. The van der Waals surface area contributed by atoms with Gasteiger partial charge in [-0.05, 0) is 24.1 Å². The number of benzene rings is 1. The van der Waals surface area contributed by atoms with Crippen molar-refractivity contribution >= 4 is 0 Å². The first-order valence-corrected chi connectivity index (χ1v) is 6.37. The zero-order chi connectivity index (χ0) is 14.8. The van der Waals surface area contributed by atoms with E-state index in [0.717, 1.165) is 0 Å². The average molecular weight is 288 g/mol. The Kier molecular flexibility index (Phi) is 4.45. The first-order valence-electron chi connectivity index (χ1n) is 6.37. The predicted octanol–water partition coefficient (Wildman–Crippen LogP) is 3.02. The Morgan fingerprint density at radius 3 is 2.55 bits per heavy atom. The fourth-order valence-electron chi connectivity index (χ4n) is 2.44. The standard InChI is InChI=1S/C14H16F4N2/c15-12-3-1-2-10(8-12)13(9-19)20-6-4-11(5-7-20)14(16,17)18/h1-4,8,13H,5-7,9,19H2. The van der Waals surface area contributed by atoms with Crippen LogP contribution in [-0.4, -0.2) is 30.7 Å². The number of nitrogens with zero attached hydrogens (tertiary/aromatic N) is 1. The predicted molar refractivity (Wildman–Crippen MR) is 68.5 cm³/mol. The van der Waals surface area contributed by atoms with Crippen molar-refractivity contribution in [2.24, 2.45) is 5.73 Å². The minimum Gasteiger partial charge on any atom is -0.329 e. The SMILES string of the molecule is NCC(c1cccc(F)c1)N1CC=C(C(F)(F)F)CC1. The molecule has 0 saturated carbocycles. The van der Waals surface area contributed by atoms with Crippen LogP contribution in [0.25, 0.3) is 0 Å². The molecule has 0 spiro atoms. The third-order valence-corrected chi connectivity index (χ3v) is 3.50. The van der Waals surface area contributed by atoms with Crippen LogP contribution < -0.4 is 5.73 Å². The second-order valence-corrected chi connectivity index (χ2v) is 4.78. The molecule has 1 heterocycles. The summed E-state index contributed by atoms with van der Waals surface area (Å²) in [7, 11) is 0.